The minimum Gasteiger partial charge on any atom is -0.484 e. The van der Waals surface area contributed by atoms with E-state index in [-0.39, 0.29) is 11.8 Å². The molecular weight excluding hydrogens is 235 g/mol. The second-order valence-corrected chi connectivity index (χ2v) is 3.48. The minimum absolute atomic E-state index is 0.143. The number of hydrogen-bond acceptors (Lipinski definition) is 2. The molecule has 1 amide bonds. The number of rotatable bonds is 5. The zero-order chi connectivity index (χ0) is 12.9. The predicted molar refractivity (Wildman–Crippen MR) is 55.6 cm³/mol. The fraction of sp³-hybridized carbons (Fsp3) is 0.364. The first-order valence-electron chi connectivity index (χ1n) is 4.91. The normalized spacial score (nSPS) is 12.9. The molecule has 17 heavy (non-hydrogen) atoms. The van der Waals surface area contributed by atoms with E-state index in [1.165, 1.54) is 12.1 Å². The van der Waals surface area contributed by atoms with Crippen molar-refractivity contribution in [3.05, 3.63) is 29.8 Å². The Morgan fingerprint density at radius 1 is 1.35 bits per heavy atom. The number of nitrogens with one attached hydrogen (secondary N) is 1. The van der Waals surface area contributed by atoms with E-state index in [2.05, 4.69) is 10.1 Å². The molecular formula is C11H12F3NO2. The Labute approximate surface area is 96.6 Å². The smallest absolute Gasteiger partial charge is 0.422 e. The topological polar surface area (TPSA) is 38.3 Å². The van der Waals surface area contributed by atoms with Crippen LogP contribution < -0.4 is 10.1 Å². The van der Waals surface area contributed by atoms with Crippen molar-refractivity contribution in [2.75, 3.05) is 6.61 Å². The fourth-order valence-electron chi connectivity index (χ4n) is 1.22. The summed E-state index contributed by atoms with van der Waals surface area (Å²) in [7, 11) is 0. The SMILES string of the molecule is CC(NC=O)c1ccc(OCC(F)(F)F)cc1. The predicted octanol–water partition coefficient (Wildman–Crippen LogP) is 2.43. The summed E-state index contributed by atoms with van der Waals surface area (Å²) < 4.78 is 40.2. The second-order valence-electron chi connectivity index (χ2n) is 3.48. The van der Waals surface area contributed by atoms with Gasteiger partial charge in [-0.15, -0.1) is 0 Å². The standard InChI is InChI=1S/C11H12F3NO2/c1-8(15-7-16)9-2-4-10(5-3-9)17-6-11(12,13)14/h2-5,7-8H,6H2,1H3,(H,15,16). The van der Waals surface area contributed by atoms with Crippen LogP contribution in [0.5, 0.6) is 5.75 Å². The molecule has 1 rings (SSSR count). The third-order valence-electron chi connectivity index (χ3n) is 2.10. The van der Waals surface area contributed by atoms with E-state index in [4.69, 9.17) is 0 Å². The molecule has 0 aliphatic carbocycles. The van der Waals surface area contributed by atoms with E-state index in [0.717, 1.165) is 5.56 Å². The van der Waals surface area contributed by atoms with Gasteiger partial charge in [0, 0.05) is 0 Å². The van der Waals surface area contributed by atoms with Gasteiger partial charge in [0.1, 0.15) is 5.75 Å². The number of halogens is 3. The first-order valence-corrected chi connectivity index (χ1v) is 4.91. The van der Waals surface area contributed by atoms with Gasteiger partial charge in [-0.2, -0.15) is 13.2 Å². The van der Waals surface area contributed by atoms with Crippen LogP contribution in [0.15, 0.2) is 24.3 Å². The maximum Gasteiger partial charge on any atom is 0.422 e. The zero-order valence-electron chi connectivity index (χ0n) is 9.12. The van der Waals surface area contributed by atoms with E-state index >= 15 is 0 Å². The van der Waals surface area contributed by atoms with E-state index < -0.39 is 12.8 Å². The van der Waals surface area contributed by atoms with Crippen LogP contribution in [0.25, 0.3) is 0 Å². The lowest BCUT2D eigenvalue weighted by molar-refractivity contribution is -0.153. The summed E-state index contributed by atoms with van der Waals surface area (Å²) >= 11 is 0. The number of benzene rings is 1. The highest BCUT2D eigenvalue weighted by Gasteiger charge is 2.28. The molecule has 94 valence electrons. The number of ether oxygens (including phenoxy) is 1. The summed E-state index contributed by atoms with van der Waals surface area (Å²) in [5.41, 5.74) is 0.788. The average molecular weight is 247 g/mol. The molecule has 1 unspecified atom stereocenters. The summed E-state index contributed by atoms with van der Waals surface area (Å²) in [6, 6.07) is 5.89. The first kappa shape index (κ1) is 13.3. The molecule has 6 heteroatoms. The van der Waals surface area contributed by atoms with Crippen molar-refractivity contribution < 1.29 is 22.7 Å². The lowest BCUT2D eigenvalue weighted by atomic mass is 10.1. The van der Waals surface area contributed by atoms with Gasteiger partial charge in [0.05, 0.1) is 6.04 Å². The molecule has 0 fully saturated rings. The second kappa shape index (κ2) is 5.56. The molecule has 0 saturated heterocycles. The molecule has 3 nitrogen and oxygen atoms in total. The maximum atomic E-state index is 11.9. The van der Waals surface area contributed by atoms with E-state index in [0.29, 0.717) is 6.41 Å². The zero-order valence-corrected chi connectivity index (χ0v) is 9.12. The Morgan fingerprint density at radius 3 is 2.41 bits per heavy atom. The number of carbonyl (C=O) groups is 1. The Kier molecular flexibility index (Phi) is 4.37. The molecule has 0 heterocycles. The first-order chi connectivity index (χ1) is 7.92. The van der Waals surface area contributed by atoms with Crippen LogP contribution in [0.2, 0.25) is 0 Å². The van der Waals surface area contributed by atoms with Gasteiger partial charge in [0.2, 0.25) is 6.41 Å². The van der Waals surface area contributed by atoms with Crippen LogP contribution in [0.3, 0.4) is 0 Å². The maximum absolute atomic E-state index is 11.9. The van der Waals surface area contributed by atoms with Gasteiger partial charge in [-0.25, -0.2) is 0 Å². The molecule has 0 aliphatic heterocycles. The lowest BCUT2D eigenvalue weighted by Crippen LogP contribution is -2.19. The van der Waals surface area contributed by atoms with Gasteiger partial charge in [0.25, 0.3) is 0 Å². The van der Waals surface area contributed by atoms with Crippen molar-refractivity contribution in [3.8, 4) is 5.75 Å². The molecule has 0 aliphatic rings. The monoisotopic (exact) mass is 247 g/mol. The summed E-state index contributed by atoms with van der Waals surface area (Å²) in [5, 5.41) is 2.54. The van der Waals surface area contributed by atoms with Gasteiger partial charge in [-0.1, -0.05) is 12.1 Å². The third-order valence-corrected chi connectivity index (χ3v) is 2.10. The molecule has 0 saturated carbocycles. The highest BCUT2D eigenvalue weighted by Crippen LogP contribution is 2.20. The van der Waals surface area contributed by atoms with Gasteiger partial charge in [-0.05, 0) is 24.6 Å². The van der Waals surface area contributed by atoms with E-state index in [1.807, 2.05) is 0 Å². The highest BCUT2D eigenvalue weighted by atomic mass is 19.4. The van der Waals surface area contributed by atoms with Gasteiger partial charge in [0.15, 0.2) is 6.61 Å². The Hall–Kier alpha value is -1.72. The molecule has 0 radical (unpaired) electrons. The summed E-state index contributed by atoms with van der Waals surface area (Å²) in [5.74, 6) is 0.143. The van der Waals surface area contributed by atoms with Crippen LogP contribution in [-0.2, 0) is 4.79 Å². The Balaban J connectivity index is 2.59. The number of hydrogen-bond donors (Lipinski definition) is 1. The average Bonchev–Trinajstić information content (AvgIpc) is 2.26. The molecule has 1 aromatic rings. The van der Waals surface area contributed by atoms with Crippen molar-refractivity contribution in [1.82, 2.24) is 5.32 Å². The van der Waals surface area contributed by atoms with Crippen LogP contribution in [0.4, 0.5) is 13.2 Å². The van der Waals surface area contributed by atoms with Crippen LogP contribution in [0.1, 0.15) is 18.5 Å². The fourth-order valence-corrected chi connectivity index (χ4v) is 1.22. The molecule has 1 aromatic carbocycles. The summed E-state index contributed by atoms with van der Waals surface area (Å²) in [4.78, 5) is 10.2. The lowest BCUT2D eigenvalue weighted by Gasteiger charge is -2.12. The summed E-state index contributed by atoms with van der Waals surface area (Å²) in [6.07, 6.45) is -3.77. The molecule has 0 spiro atoms. The van der Waals surface area contributed by atoms with Gasteiger partial charge < -0.3 is 10.1 Å². The number of alkyl halides is 3. The van der Waals surface area contributed by atoms with Crippen LogP contribution >= 0.6 is 0 Å². The van der Waals surface area contributed by atoms with Crippen molar-refractivity contribution >= 4 is 6.41 Å². The van der Waals surface area contributed by atoms with Crippen LogP contribution in [0, 0.1) is 0 Å². The largest absolute Gasteiger partial charge is 0.484 e. The molecule has 0 aromatic heterocycles. The van der Waals surface area contributed by atoms with E-state index in [9.17, 15) is 18.0 Å². The van der Waals surface area contributed by atoms with Crippen molar-refractivity contribution in [2.45, 2.75) is 19.1 Å². The Morgan fingerprint density at radius 2 is 1.94 bits per heavy atom. The molecule has 1 atom stereocenters. The number of amides is 1. The summed E-state index contributed by atoms with van der Waals surface area (Å²) in [6.45, 7) is 0.453. The number of carbonyl (C=O) groups excluding carboxylic acids is 1. The minimum atomic E-state index is -4.34. The quantitative estimate of drug-likeness (QED) is 0.811. The third kappa shape index (κ3) is 4.76. The highest BCUT2D eigenvalue weighted by molar-refractivity contribution is 5.47. The molecule has 1 N–H and O–H groups in total. The van der Waals surface area contributed by atoms with Gasteiger partial charge >= 0.3 is 6.18 Å². The van der Waals surface area contributed by atoms with Crippen molar-refractivity contribution in [2.24, 2.45) is 0 Å². The van der Waals surface area contributed by atoms with E-state index in [1.54, 1.807) is 19.1 Å². The van der Waals surface area contributed by atoms with Crippen molar-refractivity contribution in [1.29, 1.82) is 0 Å². The van der Waals surface area contributed by atoms with Crippen molar-refractivity contribution in [3.63, 3.8) is 0 Å². The Bertz CT molecular complexity index is 362. The van der Waals surface area contributed by atoms with Crippen LogP contribution in [-0.4, -0.2) is 19.2 Å². The van der Waals surface area contributed by atoms with Gasteiger partial charge in [-0.3, -0.25) is 4.79 Å². The molecule has 0 bridgehead atoms.